The van der Waals surface area contributed by atoms with Crippen LogP contribution in [0.2, 0.25) is 0 Å². The third-order valence-electron chi connectivity index (χ3n) is 4.08. The predicted molar refractivity (Wildman–Crippen MR) is 101 cm³/mol. The zero-order valence-electron chi connectivity index (χ0n) is 15.7. The predicted octanol–water partition coefficient (Wildman–Crippen LogP) is 2.08. The van der Waals surface area contributed by atoms with Crippen molar-refractivity contribution in [1.29, 1.82) is 0 Å². The van der Waals surface area contributed by atoms with Gasteiger partial charge in [0.25, 0.3) is 5.91 Å². The van der Waals surface area contributed by atoms with E-state index in [0.29, 0.717) is 16.4 Å². The molecule has 3 heterocycles. The molecular weight excluding hydrogens is 368 g/mol. The molecule has 0 aliphatic heterocycles. The molecule has 0 fully saturated rings. The summed E-state index contributed by atoms with van der Waals surface area (Å²) in [5.74, 6) is -1.08. The average molecular weight is 388 g/mol. The largest absolute Gasteiger partial charge is 0.448 e. The van der Waals surface area contributed by atoms with Crippen LogP contribution in [0.3, 0.4) is 0 Å². The molecule has 1 unspecified atom stereocenters. The fourth-order valence-corrected chi connectivity index (χ4v) is 3.25. The molecule has 3 rings (SSSR count). The van der Waals surface area contributed by atoms with Gasteiger partial charge in [-0.25, -0.2) is 9.78 Å². The number of hydrogen-bond donors (Lipinski definition) is 1. The van der Waals surface area contributed by atoms with Gasteiger partial charge in [-0.2, -0.15) is 10.2 Å². The van der Waals surface area contributed by atoms with Crippen molar-refractivity contribution in [3.63, 3.8) is 0 Å². The molecule has 10 heteroatoms. The molecule has 0 radical (unpaired) electrons. The van der Waals surface area contributed by atoms with E-state index >= 15 is 0 Å². The maximum absolute atomic E-state index is 12.4. The zero-order valence-corrected chi connectivity index (χ0v) is 16.5. The smallest absolute Gasteiger partial charge is 0.358 e. The number of esters is 1. The number of ether oxygens (including phenoxy) is 1. The van der Waals surface area contributed by atoms with Crippen molar-refractivity contribution in [3.8, 4) is 10.6 Å². The molecular formula is C17H20N6O3S. The lowest BCUT2D eigenvalue weighted by molar-refractivity contribution is -0.123. The van der Waals surface area contributed by atoms with Crippen molar-refractivity contribution in [1.82, 2.24) is 24.5 Å². The molecule has 0 aliphatic carbocycles. The Morgan fingerprint density at radius 2 is 2.04 bits per heavy atom. The lowest BCUT2D eigenvalue weighted by atomic mass is 10.3. The Hall–Kier alpha value is -3.01. The first-order chi connectivity index (χ1) is 12.8. The summed E-state index contributed by atoms with van der Waals surface area (Å²) in [5.41, 5.74) is 3.11. The van der Waals surface area contributed by atoms with Crippen molar-refractivity contribution >= 4 is 28.9 Å². The minimum absolute atomic E-state index is 0.159. The van der Waals surface area contributed by atoms with Crippen LogP contribution in [-0.4, -0.2) is 42.5 Å². The van der Waals surface area contributed by atoms with Crippen molar-refractivity contribution in [2.75, 3.05) is 5.32 Å². The molecule has 3 aromatic rings. The van der Waals surface area contributed by atoms with Gasteiger partial charge in [-0.1, -0.05) is 0 Å². The summed E-state index contributed by atoms with van der Waals surface area (Å²) in [6.45, 7) is 5.17. The summed E-state index contributed by atoms with van der Waals surface area (Å²) in [7, 11) is 3.60. The van der Waals surface area contributed by atoms with Gasteiger partial charge in [0, 0.05) is 31.2 Å². The summed E-state index contributed by atoms with van der Waals surface area (Å²) < 4.78 is 8.59. The molecule has 0 aliphatic rings. The summed E-state index contributed by atoms with van der Waals surface area (Å²) >= 11 is 1.31. The summed E-state index contributed by atoms with van der Waals surface area (Å²) in [5, 5.41) is 13.3. The average Bonchev–Trinajstić information content (AvgIpc) is 3.31. The molecule has 1 N–H and O–H groups in total. The second kappa shape index (κ2) is 7.31. The lowest BCUT2D eigenvalue weighted by Crippen LogP contribution is -2.30. The minimum atomic E-state index is -0.972. The van der Waals surface area contributed by atoms with Gasteiger partial charge in [-0.15, -0.1) is 11.3 Å². The number of rotatable bonds is 5. The Morgan fingerprint density at radius 1 is 1.30 bits per heavy atom. The Kier molecular flexibility index (Phi) is 5.08. The molecule has 1 amide bonds. The highest BCUT2D eigenvalue weighted by atomic mass is 32.1. The van der Waals surface area contributed by atoms with E-state index in [1.165, 1.54) is 18.3 Å². The second-order valence-electron chi connectivity index (χ2n) is 6.15. The van der Waals surface area contributed by atoms with Crippen molar-refractivity contribution < 1.29 is 14.3 Å². The molecule has 0 spiro atoms. The summed E-state index contributed by atoms with van der Waals surface area (Å²) in [4.78, 5) is 28.9. The van der Waals surface area contributed by atoms with Gasteiger partial charge in [0.15, 0.2) is 11.8 Å². The molecule has 9 nitrogen and oxygen atoms in total. The SMILES string of the molecule is Cc1nn(C)c(C)c1NC(=O)C(C)OC(=O)c1csc(-c2cnn(C)c2)n1. The fraction of sp³-hybridized carbons (Fsp3) is 0.353. The first kappa shape index (κ1) is 18.8. The van der Waals surface area contributed by atoms with Crippen LogP contribution in [-0.2, 0) is 23.6 Å². The third-order valence-corrected chi connectivity index (χ3v) is 4.97. The van der Waals surface area contributed by atoms with E-state index in [1.807, 2.05) is 13.1 Å². The van der Waals surface area contributed by atoms with Gasteiger partial charge in [-0.3, -0.25) is 14.2 Å². The van der Waals surface area contributed by atoms with Gasteiger partial charge >= 0.3 is 5.97 Å². The van der Waals surface area contributed by atoms with E-state index in [2.05, 4.69) is 20.5 Å². The second-order valence-corrected chi connectivity index (χ2v) is 7.00. The summed E-state index contributed by atoms with van der Waals surface area (Å²) in [6, 6.07) is 0. The number of hydrogen-bond acceptors (Lipinski definition) is 7. The first-order valence-corrected chi connectivity index (χ1v) is 9.10. The van der Waals surface area contributed by atoms with Crippen LogP contribution in [0, 0.1) is 13.8 Å². The van der Waals surface area contributed by atoms with Gasteiger partial charge in [0.2, 0.25) is 0 Å². The van der Waals surface area contributed by atoms with Crippen LogP contribution >= 0.6 is 11.3 Å². The van der Waals surface area contributed by atoms with Crippen molar-refractivity contribution in [2.45, 2.75) is 26.9 Å². The number of carbonyl (C=O) groups is 2. The van der Waals surface area contributed by atoms with Gasteiger partial charge in [0.05, 0.1) is 23.3 Å². The fourth-order valence-electron chi connectivity index (χ4n) is 2.49. The topological polar surface area (TPSA) is 104 Å². The maximum atomic E-state index is 12.4. The minimum Gasteiger partial charge on any atom is -0.448 e. The Morgan fingerprint density at radius 3 is 2.63 bits per heavy atom. The number of aromatic nitrogens is 5. The number of anilines is 1. The van der Waals surface area contributed by atoms with Crippen LogP contribution in [0.5, 0.6) is 0 Å². The monoisotopic (exact) mass is 388 g/mol. The normalized spacial score (nSPS) is 12.0. The number of aryl methyl sites for hydroxylation is 3. The van der Waals surface area contributed by atoms with Crippen LogP contribution in [0.15, 0.2) is 17.8 Å². The molecule has 1 atom stereocenters. The number of amides is 1. The van der Waals surface area contributed by atoms with Crippen LogP contribution in [0.4, 0.5) is 5.69 Å². The van der Waals surface area contributed by atoms with E-state index in [9.17, 15) is 9.59 Å². The third kappa shape index (κ3) is 3.90. The van der Waals surface area contributed by atoms with Crippen LogP contribution in [0.1, 0.15) is 28.8 Å². The zero-order chi connectivity index (χ0) is 19.7. The lowest BCUT2D eigenvalue weighted by Gasteiger charge is -2.13. The van der Waals surface area contributed by atoms with E-state index in [-0.39, 0.29) is 5.69 Å². The number of carbonyl (C=O) groups excluding carboxylic acids is 2. The van der Waals surface area contributed by atoms with E-state index in [0.717, 1.165) is 11.3 Å². The highest BCUT2D eigenvalue weighted by Crippen LogP contribution is 2.23. The van der Waals surface area contributed by atoms with Crippen molar-refractivity contribution in [2.24, 2.45) is 14.1 Å². The van der Waals surface area contributed by atoms with E-state index in [4.69, 9.17) is 4.74 Å². The van der Waals surface area contributed by atoms with Gasteiger partial charge in [0.1, 0.15) is 5.01 Å². The van der Waals surface area contributed by atoms with Crippen LogP contribution in [0.25, 0.3) is 10.6 Å². The Balaban J connectivity index is 1.65. The van der Waals surface area contributed by atoms with E-state index < -0.39 is 18.0 Å². The first-order valence-electron chi connectivity index (χ1n) is 8.23. The Labute approximate surface area is 160 Å². The standard InChI is InChI=1S/C17H20N6O3S/c1-9-14(10(2)23(5)21-9)20-15(24)11(3)26-17(25)13-8-27-16(19-13)12-6-18-22(4)7-12/h6-8,11H,1-5H3,(H,20,24). The highest BCUT2D eigenvalue weighted by Gasteiger charge is 2.23. The maximum Gasteiger partial charge on any atom is 0.358 e. The highest BCUT2D eigenvalue weighted by molar-refractivity contribution is 7.13. The number of thiazole rings is 1. The van der Waals surface area contributed by atoms with E-state index in [1.54, 1.807) is 42.0 Å². The summed E-state index contributed by atoms with van der Waals surface area (Å²) in [6.07, 6.45) is 2.51. The molecule has 0 saturated carbocycles. The van der Waals surface area contributed by atoms with Crippen LogP contribution < -0.4 is 5.32 Å². The van der Waals surface area contributed by atoms with Gasteiger partial charge in [-0.05, 0) is 20.8 Å². The molecule has 0 bridgehead atoms. The van der Waals surface area contributed by atoms with Gasteiger partial charge < -0.3 is 10.1 Å². The quantitative estimate of drug-likeness (QED) is 0.671. The number of nitrogens with zero attached hydrogens (tertiary/aromatic N) is 5. The molecule has 27 heavy (non-hydrogen) atoms. The van der Waals surface area contributed by atoms with Crippen molar-refractivity contribution in [3.05, 3.63) is 34.9 Å². The Bertz CT molecular complexity index is 1000. The molecule has 0 saturated heterocycles. The molecule has 3 aromatic heterocycles. The molecule has 142 valence electrons. The molecule has 0 aromatic carbocycles. The number of nitrogens with one attached hydrogen (secondary N) is 1.